The first-order valence-corrected chi connectivity index (χ1v) is 9.66. The molecule has 5 heteroatoms. The Bertz CT molecular complexity index is 1020. The molecule has 0 fully saturated rings. The van der Waals surface area contributed by atoms with Gasteiger partial charge in [-0.15, -0.1) is 0 Å². The maximum atomic E-state index is 12.8. The zero-order valence-corrected chi connectivity index (χ0v) is 17.0. The van der Waals surface area contributed by atoms with E-state index in [0.717, 1.165) is 28.8 Å². The van der Waals surface area contributed by atoms with Crippen LogP contribution in [0.15, 0.2) is 66.7 Å². The Morgan fingerprint density at radius 1 is 0.931 bits per heavy atom. The van der Waals surface area contributed by atoms with Gasteiger partial charge in [-0.2, -0.15) is 0 Å². The lowest BCUT2D eigenvalue weighted by Gasteiger charge is -2.17. The van der Waals surface area contributed by atoms with Crippen molar-refractivity contribution in [2.75, 3.05) is 12.4 Å². The summed E-state index contributed by atoms with van der Waals surface area (Å²) in [6, 6.07) is 20.6. The van der Waals surface area contributed by atoms with E-state index in [1.54, 1.807) is 30.1 Å². The SMILES string of the molecule is CCc1cccc(C)c1NC(=O)c1cccc(C(=O)N(C)Cc2ccccc2)n1. The Hall–Kier alpha value is -3.47. The average molecular weight is 387 g/mol. The maximum Gasteiger partial charge on any atom is 0.274 e. The minimum Gasteiger partial charge on any atom is -0.336 e. The lowest BCUT2D eigenvalue weighted by Crippen LogP contribution is -2.27. The van der Waals surface area contributed by atoms with Gasteiger partial charge in [-0.1, -0.05) is 61.5 Å². The number of aryl methyl sites for hydroxylation is 2. The third-order valence-electron chi connectivity index (χ3n) is 4.79. The summed E-state index contributed by atoms with van der Waals surface area (Å²) in [5.41, 5.74) is 4.36. The molecule has 29 heavy (non-hydrogen) atoms. The van der Waals surface area contributed by atoms with Crippen LogP contribution in [-0.4, -0.2) is 28.7 Å². The normalized spacial score (nSPS) is 10.4. The zero-order chi connectivity index (χ0) is 20.8. The quantitative estimate of drug-likeness (QED) is 0.678. The van der Waals surface area contributed by atoms with Crippen LogP contribution >= 0.6 is 0 Å². The van der Waals surface area contributed by atoms with E-state index in [4.69, 9.17) is 0 Å². The minimum absolute atomic E-state index is 0.217. The summed E-state index contributed by atoms with van der Waals surface area (Å²) in [6.45, 7) is 4.48. The predicted octanol–water partition coefficient (Wildman–Crippen LogP) is 4.48. The summed E-state index contributed by atoms with van der Waals surface area (Å²) in [7, 11) is 1.73. The number of aromatic nitrogens is 1. The van der Waals surface area contributed by atoms with Gasteiger partial charge in [0.25, 0.3) is 11.8 Å². The highest BCUT2D eigenvalue weighted by atomic mass is 16.2. The highest BCUT2D eigenvalue weighted by molar-refractivity contribution is 6.04. The zero-order valence-electron chi connectivity index (χ0n) is 17.0. The number of nitrogens with one attached hydrogen (secondary N) is 1. The molecule has 1 N–H and O–H groups in total. The van der Waals surface area contributed by atoms with Crippen LogP contribution in [-0.2, 0) is 13.0 Å². The van der Waals surface area contributed by atoms with Gasteiger partial charge in [-0.25, -0.2) is 4.98 Å². The van der Waals surface area contributed by atoms with Crippen LogP contribution in [0.3, 0.4) is 0 Å². The molecule has 0 aliphatic rings. The van der Waals surface area contributed by atoms with Crippen molar-refractivity contribution >= 4 is 17.5 Å². The summed E-state index contributed by atoms with van der Waals surface area (Å²) in [4.78, 5) is 31.4. The molecule has 0 saturated carbocycles. The van der Waals surface area contributed by atoms with Crippen LogP contribution in [0.25, 0.3) is 0 Å². The molecule has 0 radical (unpaired) electrons. The number of benzene rings is 2. The summed E-state index contributed by atoms with van der Waals surface area (Å²) in [5, 5.41) is 2.95. The van der Waals surface area contributed by atoms with Crippen molar-refractivity contribution in [2.24, 2.45) is 0 Å². The molecule has 1 aromatic heterocycles. The third-order valence-corrected chi connectivity index (χ3v) is 4.79. The van der Waals surface area contributed by atoms with Gasteiger partial charge in [0.1, 0.15) is 11.4 Å². The number of hydrogen-bond acceptors (Lipinski definition) is 3. The third kappa shape index (κ3) is 4.88. The predicted molar refractivity (Wildman–Crippen MR) is 115 cm³/mol. The first kappa shape index (κ1) is 20.3. The largest absolute Gasteiger partial charge is 0.336 e. The number of para-hydroxylation sites is 1. The highest BCUT2D eigenvalue weighted by Gasteiger charge is 2.17. The summed E-state index contributed by atoms with van der Waals surface area (Å²) in [6.07, 6.45) is 0.813. The topological polar surface area (TPSA) is 62.3 Å². The van der Waals surface area contributed by atoms with E-state index >= 15 is 0 Å². The Morgan fingerprint density at radius 2 is 1.62 bits per heavy atom. The molecule has 3 rings (SSSR count). The molecule has 0 bridgehead atoms. The van der Waals surface area contributed by atoms with E-state index in [1.165, 1.54) is 0 Å². The lowest BCUT2D eigenvalue weighted by atomic mass is 10.1. The van der Waals surface area contributed by atoms with Crippen molar-refractivity contribution in [1.29, 1.82) is 0 Å². The van der Waals surface area contributed by atoms with Crippen LogP contribution in [0.4, 0.5) is 5.69 Å². The van der Waals surface area contributed by atoms with E-state index in [2.05, 4.69) is 10.3 Å². The Morgan fingerprint density at radius 3 is 2.34 bits per heavy atom. The van der Waals surface area contributed by atoms with Crippen molar-refractivity contribution in [2.45, 2.75) is 26.8 Å². The molecule has 2 amide bonds. The second-order valence-corrected chi connectivity index (χ2v) is 6.97. The molecule has 0 spiro atoms. The minimum atomic E-state index is -0.325. The number of pyridine rings is 1. The van der Waals surface area contributed by atoms with Gasteiger partial charge in [0.05, 0.1) is 0 Å². The Kier molecular flexibility index (Phi) is 6.39. The van der Waals surface area contributed by atoms with Crippen LogP contribution in [0.5, 0.6) is 0 Å². The van der Waals surface area contributed by atoms with E-state index in [1.807, 2.05) is 62.4 Å². The van der Waals surface area contributed by atoms with Crippen LogP contribution in [0.2, 0.25) is 0 Å². The summed E-state index contributed by atoms with van der Waals surface area (Å²) < 4.78 is 0. The maximum absolute atomic E-state index is 12.8. The van der Waals surface area contributed by atoms with Gasteiger partial charge >= 0.3 is 0 Å². The van der Waals surface area contributed by atoms with Gasteiger partial charge < -0.3 is 10.2 Å². The molecule has 148 valence electrons. The van der Waals surface area contributed by atoms with Crippen molar-refractivity contribution in [3.63, 3.8) is 0 Å². The fourth-order valence-electron chi connectivity index (χ4n) is 3.18. The van der Waals surface area contributed by atoms with Gasteiger partial charge in [-0.05, 0) is 42.2 Å². The van der Waals surface area contributed by atoms with E-state index in [0.29, 0.717) is 6.54 Å². The molecule has 1 heterocycles. The second-order valence-electron chi connectivity index (χ2n) is 6.97. The number of rotatable bonds is 6. The second kappa shape index (κ2) is 9.15. The number of carbonyl (C=O) groups excluding carboxylic acids is 2. The van der Waals surface area contributed by atoms with Gasteiger partial charge in [0, 0.05) is 19.3 Å². The molecular weight excluding hydrogens is 362 g/mol. The molecule has 0 aliphatic carbocycles. The molecule has 0 unspecified atom stereocenters. The number of nitrogens with zero attached hydrogens (tertiary/aromatic N) is 2. The van der Waals surface area contributed by atoms with Crippen molar-refractivity contribution < 1.29 is 9.59 Å². The highest BCUT2D eigenvalue weighted by Crippen LogP contribution is 2.21. The monoisotopic (exact) mass is 387 g/mol. The first-order chi connectivity index (χ1) is 14.0. The van der Waals surface area contributed by atoms with Crippen molar-refractivity contribution in [3.05, 3.63) is 94.8 Å². The van der Waals surface area contributed by atoms with E-state index in [-0.39, 0.29) is 23.2 Å². The molecule has 5 nitrogen and oxygen atoms in total. The molecule has 3 aromatic rings. The van der Waals surface area contributed by atoms with E-state index in [9.17, 15) is 9.59 Å². The van der Waals surface area contributed by atoms with Gasteiger partial charge in [0.15, 0.2) is 0 Å². The average Bonchev–Trinajstić information content (AvgIpc) is 2.75. The molecule has 2 aromatic carbocycles. The van der Waals surface area contributed by atoms with E-state index < -0.39 is 0 Å². The fraction of sp³-hybridized carbons (Fsp3) is 0.208. The summed E-state index contributed by atoms with van der Waals surface area (Å²) in [5.74, 6) is -0.553. The first-order valence-electron chi connectivity index (χ1n) is 9.66. The molecule has 0 atom stereocenters. The van der Waals surface area contributed by atoms with Gasteiger partial charge in [0.2, 0.25) is 0 Å². The standard InChI is InChI=1S/C24H25N3O2/c1-4-19-13-8-10-17(2)22(19)26-23(28)20-14-9-15-21(25-20)24(29)27(3)16-18-11-6-5-7-12-18/h5-15H,4,16H2,1-3H3,(H,26,28). The summed E-state index contributed by atoms with van der Waals surface area (Å²) >= 11 is 0. The number of carbonyl (C=O) groups is 2. The molecule has 0 aliphatic heterocycles. The fourth-order valence-corrected chi connectivity index (χ4v) is 3.18. The lowest BCUT2D eigenvalue weighted by molar-refractivity contribution is 0.0779. The Labute approximate surface area is 171 Å². The van der Waals surface area contributed by atoms with Crippen molar-refractivity contribution in [3.8, 4) is 0 Å². The molecule has 0 saturated heterocycles. The van der Waals surface area contributed by atoms with Crippen molar-refractivity contribution in [1.82, 2.24) is 9.88 Å². The van der Waals surface area contributed by atoms with Crippen LogP contribution in [0.1, 0.15) is 44.6 Å². The number of anilines is 1. The smallest absolute Gasteiger partial charge is 0.274 e. The van der Waals surface area contributed by atoms with Crippen LogP contribution < -0.4 is 5.32 Å². The molecular formula is C24H25N3O2. The van der Waals surface area contributed by atoms with Gasteiger partial charge in [-0.3, -0.25) is 9.59 Å². The van der Waals surface area contributed by atoms with Crippen LogP contribution in [0, 0.1) is 6.92 Å². The number of amides is 2. The Balaban J connectivity index is 1.77. The number of hydrogen-bond donors (Lipinski definition) is 1.